The highest BCUT2D eigenvalue weighted by atomic mass is 16.4. The van der Waals surface area contributed by atoms with Gasteiger partial charge in [0.15, 0.2) is 16.8 Å². The van der Waals surface area contributed by atoms with Gasteiger partial charge in [0.2, 0.25) is 5.89 Å². The molecule has 3 rings (SSSR count). The molecule has 2 N–H and O–H groups in total. The molecule has 1 aromatic heterocycles. The van der Waals surface area contributed by atoms with Gasteiger partial charge in [-0.1, -0.05) is 32.0 Å². The maximum absolute atomic E-state index is 12.9. The summed E-state index contributed by atoms with van der Waals surface area (Å²) < 4.78 is 5.74. The first-order valence-corrected chi connectivity index (χ1v) is 8.78. The Balaban J connectivity index is 2.00. The van der Waals surface area contributed by atoms with Crippen LogP contribution in [0.15, 0.2) is 52.9 Å². The van der Waals surface area contributed by atoms with Crippen LogP contribution in [0.25, 0.3) is 22.6 Å². The molecular weight excluding hydrogens is 362 g/mol. The van der Waals surface area contributed by atoms with E-state index in [-0.39, 0.29) is 12.0 Å². The third-order valence-electron chi connectivity index (χ3n) is 5.15. The van der Waals surface area contributed by atoms with Crippen molar-refractivity contribution in [1.82, 2.24) is 4.98 Å². The van der Waals surface area contributed by atoms with Crippen LogP contribution < -0.4 is 0 Å². The van der Waals surface area contributed by atoms with Crippen LogP contribution in [0.1, 0.15) is 30.6 Å². The average Bonchev–Trinajstić information content (AvgIpc) is 3.11. The number of aromatic nitrogens is 1. The lowest BCUT2D eigenvalue weighted by Crippen LogP contribution is -2.47. The molecule has 7 nitrogen and oxygen atoms in total. The largest absolute Gasteiger partial charge is 0.480 e. The molecule has 0 saturated carbocycles. The Morgan fingerprint density at radius 2 is 1.71 bits per heavy atom. The van der Waals surface area contributed by atoms with E-state index < -0.39 is 29.1 Å². The molecule has 0 aliphatic carbocycles. The molecule has 0 amide bonds. The first kappa shape index (κ1) is 19.3. The van der Waals surface area contributed by atoms with E-state index >= 15 is 0 Å². The molecule has 0 fully saturated rings. The van der Waals surface area contributed by atoms with Gasteiger partial charge >= 0.3 is 11.9 Å². The molecule has 1 atom stereocenters. The van der Waals surface area contributed by atoms with Crippen LogP contribution in [0.4, 0.5) is 0 Å². The number of Topliss-reactive ketones (excluding diaryl/α,β-unsaturated/α-hetero) is 1. The minimum Gasteiger partial charge on any atom is -0.480 e. The molecule has 0 radical (unpaired) electrons. The van der Waals surface area contributed by atoms with Crippen LogP contribution in [0.5, 0.6) is 0 Å². The molecule has 7 heteroatoms. The standard InChI is InChI=1S/C21H19NO6/c1-3-21(19(24)25,20(26)27)12(2)17(23)14-9-10-15-16(11-14)28-18(22-15)13-7-5-4-6-8-13/h4-12H,3H2,1-2H3,(H,24,25)(H,26,27). The highest BCUT2D eigenvalue weighted by molar-refractivity contribution is 6.08. The third kappa shape index (κ3) is 3.05. The zero-order valence-corrected chi connectivity index (χ0v) is 15.4. The van der Waals surface area contributed by atoms with Crippen molar-refractivity contribution in [2.75, 3.05) is 0 Å². The van der Waals surface area contributed by atoms with Gasteiger partial charge < -0.3 is 14.6 Å². The molecule has 0 bridgehead atoms. The Morgan fingerprint density at radius 3 is 2.29 bits per heavy atom. The molecule has 0 spiro atoms. The summed E-state index contributed by atoms with van der Waals surface area (Å²) in [4.78, 5) is 40.6. The maximum atomic E-state index is 12.9. The van der Waals surface area contributed by atoms with E-state index in [1.54, 1.807) is 6.07 Å². The molecule has 0 aliphatic rings. The van der Waals surface area contributed by atoms with Crippen molar-refractivity contribution in [3.63, 3.8) is 0 Å². The molecule has 144 valence electrons. The van der Waals surface area contributed by atoms with Gasteiger partial charge in [0.1, 0.15) is 5.52 Å². The number of oxazole rings is 1. The number of carbonyl (C=O) groups excluding carboxylic acids is 1. The van der Waals surface area contributed by atoms with E-state index in [2.05, 4.69) is 4.98 Å². The number of carboxylic acids is 2. The lowest BCUT2D eigenvalue weighted by atomic mass is 9.71. The fourth-order valence-electron chi connectivity index (χ4n) is 3.33. The Hall–Kier alpha value is -3.48. The van der Waals surface area contributed by atoms with Gasteiger partial charge in [-0.3, -0.25) is 14.4 Å². The van der Waals surface area contributed by atoms with Crippen LogP contribution in [0.3, 0.4) is 0 Å². The van der Waals surface area contributed by atoms with E-state index in [9.17, 15) is 24.6 Å². The van der Waals surface area contributed by atoms with Crippen molar-refractivity contribution in [2.24, 2.45) is 11.3 Å². The first-order chi connectivity index (χ1) is 13.3. The van der Waals surface area contributed by atoms with Gasteiger partial charge in [0.05, 0.1) is 0 Å². The van der Waals surface area contributed by atoms with Gasteiger partial charge in [-0.25, -0.2) is 4.98 Å². The number of hydrogen-bond donors (Lipinski definition) is 2. The summed E-state index contributed by atoms with van der Waals surface area (Å²) in [6.45, 7) is 2.77. The fraction of sp³-hybridized carbons (Fsp3) is 0.238. The second kappa shape index (κ2) is 7.26. The van der Waals surface area contributed by atoms with Crippen molar-refractivity contribution >= 4 is 28.8 Å². The molecule has 0 aliphatic heterocycles. The second-order valence-electron chi connectivity index (χ2n) is 6.59. The molecule has 1 heterocycles. The molecule has 1 unspecified atom stereocenters. The highest BCUT2D eigenvalue weighted by Gasteiger charge is 2.52. The predicted octanol–water partition coefficient (Wildman–Crippen LogP) is 3.88. The molecular formula is C21H19NO6. The van der Waals surface area contributed by atoms with Crippen molar-refractivity contribution < 1.29 is 29.0 Å². The molecule has 0 saturated heterocycles. The van der Waals surface area contributed by atoms with Gasteiger partial charge in [0.25, 0.3) is 0 Å². The highest BCUT2D eigenvalue weighted by Crippen LogP contribution is 2.35. The normalized spacial score (nSPS) is 12.6. The van der Waals surface area contributed by atoms with Crippen molar-refractivity contribution in [2.45, 2.75) is 20.3 Å². The van der Waals surface area contributed by atoms with Crippen LogP contribution in [-0.2, 0) is 9.59 Å². The number of rotatable bonds is 7. The van der Waals surface area contributed by atoms with E-state index in [0.717, 1.165) is 5.56 Å². The van der Waals surface area contributed by atoms with Gasteiger partial charge in [-0.15, -0.1) is 0 Å². The summed E-state index contributed by atoms with van der Waals surface area (Å²) in [5, 5.41) is 19.0. The minimum atomic E-state index is -2.19. The summed E-state index contributed by atoms with van der Waals surface area (Å²) in [6.07, 6.45) is -0.215. The number of nitrogens with zero attached hydrogens (tertiary/aromatic N) is 1. The number of ketones is 1. The van der Waals surface area contributed by atoms with E-state index in [0.29, 0.717) is 17.0 Å². The van der Waals surface area contributed by atoms with Crippen LogP contribution in [-0.4, -0.2) is 32.9 Å². The quantitative estimate of drug-likeness (QED) is 0.471. The zero-order valence-electron chi connectivity index (χ0n) is 15.4. The summed E-state index contributed by atoms with van der Waals surface area (Å²) in [7, 11) is 0. The number of fused-ring (bicyclic) bond motifs is 1. The van der Waals surface area contributed by atoms with Crippen LogP contribution >= 0.6 is 0 Å². The predicted molar refractivity (Wildman–Crippen MR) is 101 cm³/mol. The Bertz CT molecular complexity index is 1040. The van der Waals surface area contributed by atoms with Gasteiger partial charge in [0, 0.05) is 17.0 Å². The maximum Gasteiger partial charge on any atom is 0.321 e. The smallest absolute Gasteiger partial charge is 0.321 e. The number of benzene rings is 2. The summed E-state index contributed by atoms with van der Waals surface area (Å²) in [5.74, 6) is -4.51. The summed E-state index contributed by atoms with van der Waals surface area (Å²) in [6, 6.07) is 13.8. The average molecular weight is 381 g/mol. The lowest BCUT2D eigenvalue weighted by molar-refractivity contribution is -0.167. The van der Waals surface area contributed by atoms with Gasteiger partial charge in [-0.05, 0) is 36.8 Å². The van der Waals surface area contributed by atoms with Crippen molar-refractivity contribution in [3.8, 4) is 11.5 Å². The number of aliphatic carboxylic acids is 2. The number of carboxylic acid groups (broad SMARTS) is 2. The van der Waals surface area contributed by atoms with E-state index in [1.807, 2.05) is 30.3 Å². The van der Waals surface area contributed by atoms with E-state index in [4.69, 9.17) is 4.42 Å². The second-order valence-corrected chi connectivity index (χ2v) is 6.59. The summed E-state index contributed by atoms with van der Waals surface area (Å²) in [5.41, 5.74) is -0.327. The zero-order chi connectivity index (χ0) is 20.5. The van der Waals surface area contributed by atoms with Crippen LogP contribution in [0, 0.1) is 11.3 Å². The first-order valence-electron chi connectivity index (χ1n) is 8.78. The Kier molecular flexibility index (Phi) is 5.00. The Morgan fingerprint density at radius 1 is 1.07 bits per heavy atom. The van der Waals surface area contributed by atoms with Crippen molar-refractivity contribution in [1.29, 1.82) is 0 Å². The van der Waals surface area contributed by atoms with Gasteiger partial charge in [-0.2, -0.15) is 0 Å². The summed E-state index contributed by atoms with van der Waals surface area (Å²) >= 11 is 0. The lowest BCUT2D eigenvalue weighted by Gasteiger charge is -2.29. The Labute approximate surface area is 160 Å². The molecule has 3 aromatic rings. The van der Waals surface area contributed by atoms with Crippen molar-refractivity contribution in [3.05, 3.63) is 54.1 Å². The number of carbonyl (C=O) groups is 3. The monoisotopic (exact) mass is 381 g/mol. The van der Waals surface area contributed by atoms with Crippen LogP contribution in [0.2, 0.25) is 0 Å². The fourth-order valence-corrected chi connectivity index (χ4v) is 3.33. The minimum absolute atomic E-state index is 0.177. The SMILES string of the molecule is CCC(C(=O)O)(C(=O)O)C(C)C(=O)c1ccc2nc(-c3ccccc3)oc2c1. The molecule has 2 aromatic carbocycles. The third-order valence-corrected chi connectivity index (χ3v) is 5.15. The number of hydrogen-bond acceptors (Lipinski definition) is 5. The topological polar surface area (TPSA) is 118 Å². The van der Waals surface area contributed by atoms with E-state index in [1.165, 1.54) is 26.0 Å². The molecule has 28 heavy (non-hydrogen) atoms.